The van der Waals surface area contributed by atoms with E-state index in [1.165, 1.54) is 5.56 Å². The zero-order valence-electron chi connectivity index (χ0n) is 14.2. The Morgan fingerprint density at radius 1 is 1.33 bits per heavy atom. The molecule has 0 bridgehead atoms. The molecule has 1 aromatic carbocycles. The van der Waals surface area contributed by atoms with Gasteiger partial charge in [-0.25, -0.2) is 0 Å². The third-order valence-electron chi connectivity index (χ3n) is 4.35. The summed E-state index contributed by atoms with van der Waals surface area (Å²) in [7, 11) is 0. The molecule has 1 atom stereocenters. The molecule has 0 spiro atoms. The molecule has 1 aliphatic rings. The quantitative estimate of drug-likeness (QED) is 0.863. The van der Waals surface area contributed by atoms with Crippen molar-refractivity contribution in [2.24, 2.45) is 0 Å². The number of amides is 1. The number of carbonyl (C=O) groups is 1. The van der Waals surface area contributed by atoms with Crippen LogP contribution >= 0.6 is 0 Å². The highest BCUT2D eigenvalue weighted by Gasteiger charge is 2.27. The van der Waals surface area contributed by atoms with Gasteiger partial charge in [0.2, 0.25) is 11.8 Å². The molecule has 2 heterocycles. The van der Waals surface area contributed by atoms with Crippen LogP contribution in [0.25, 0.3) is 6.08 Å². The van der Waals surface area contributed by atoms with Gasteiger partial charge in [-0.05, 0) is 32.3 Å². The van der Waals surface area contributed by atoms with Gasteiger partial charge < -0.3 is 9.42 Å². The van der Waals surface area contributed by atoms with Crippen molar-refractivity contribution < 1.29 is 9.32 Å². The minimum atomic E-state index is 0.152. The first-order valence-corrected chi connectivity index (χ1v) is 8.43. The zero-order chi connectivity index (χ0) is 16.9. The largest absolute Gasteiger partial charge is 0.342 e. The summed E-state index contributed by atoms with van der Waals surface area (Å²) in [6.45, 7) is 5.35. The van der Waals surface area contributed by atoms with Gasteiger partial charge in [-0.3, -0.25) is 4.79 Å². The van der Waals surface area contributed by atoms with Gasteiger partial charge in [0.1, 0.15) is 0 Å². The number of carbonyl (C=O) groups excluding carboxylic acids is 1. The van der Waals surface area contributed by atoms with E-state index in [1.807, 2.05) is 24.0 Å². The molecule has 0 radical (unpaired) electrons. The first-order chi connectivity index (χ1) is 11.6. The molecule has 0 aliphatic carbocycles. The van der Waals surface area contributed by atoms with Gasteiger partial charge in [-0.15, -0.1) is 0 Å². The van der Waals surface area contributed by atoms with E-state index in [9.17, 15) is 4.79 Å². The van der Waals surface area contributed by atoms with Gasteiger partial charge in [0.05, 0.1) is 5.92 Å². The molecule has 1 fully saturated rings. The van der Waals surface area contributed by atoms with Crippen LogP contribution in [0.3, 0.4) is 0 Å². The second kappa shape index (κ2) is 7.43. The van der Waals surface area contributed by atoms with Crippen LogP contribution in [0.2, 0.25) is 0 Å². The minimum Gasteiger partial charge on any atom is -0.342 e. The van der Waals surface area contributed by atoms with Crippen LogP contribution in [0.4, 0.5) is 0 Å². The highest BCUT2D eigenvalue weighted by molar-refractivity contribution is 5.78. The number of aromatic nitrogens is 2. The predicted molar refractivity (Wildman–Crippen MR) is 92.4 cm³/mol. The molecule has 5 nitrogen and oxygen atoms in total. The highest BCUT2D eigenvalue weighted by atomic mass is 16.5. The number of likely N-dealkylation sites (tertiary alicyclic amines) is 1. The van der Waals surface area contributed by atoms with E-state index in [1.54, 1.807) is 0 Å². The van der Waals surface area contributed by atoms with Crippen LogP contribution < -0.4 is 0 Å². The summed E-state index contributed by atoms with van der Waals surface area (Å²) in [5.74, 6) is 1.61. The maximum Gasteiger partial charge on any atom is 0.231 e. The number of hydrogen-bond donors (Lipinski definition) is 0. The summed E-state index contributed by atoms with van der Waals surface area (Å²) in [6.07, 6.45) is 6.32. The van der Waals surface area contributed by atoms with Crippen molar-refractivity contribution in [1.29, 1.82) is 0 Å². The first-order valence-electron chi connectivity index (χ1n) is 8.43. The monoisotopic (exact) mass is 325 g/mol. The number of aryl methyl sites for hydroxylation is 2. The Hall–Kier alpha value is -2.43. The second-order valence-corrected chi connectivity index (χ2v) is 6.38. The topological polar surface area (TPSA) is 59.2 Å². The van der Waals surface area contributed by atoms with Crippen LogP contribution in [0.5, 0.6) is 0 Å². The summed E-state index contributed by atoms with van der Waals surface area (Å²) in [4.78, 5) is 18.6. The van der Waals surface area contributed by atoms with Crippen LogP contribution in [-0.2, 0) is 4.79 Å². The van der Waals surface area contributed by atoms with E-state index in [-0.39, 0.29) is 11.8 Å². The number of nitrogens with zero attached hydrogens (tertiary/aromatic N) is 3. The highest BCUT2D eigenvalue weighted by Crippen LogP contribution is 2.26. The lowest BCUT2D eigenvalue weighted by Crippen LogP contribution is -2.38. The second-order valence-electron chi connectivity index (χ2n) is 6.38. The molecular formula is C19H23N3O2. The Labute approximate surface area is 142 Å². The Morgan fingerprint density at radius 3 is 2.83 bits per heavy atom. The molecule has 2 aromatic rings. The smallest absolute Gasteiger partial charge is 0.231 e. The maximum absolute atomic E-state index is 12.4. The Balaban J connectivity index is 1.55. The van der Waals surface area contributed by atoms with Crippen molar-refractivity contribution in [2.75, 3.05) is 13.1 Å². The van der Waals surface area contributed by atoms with E-state index in [0.717, 1.165) is 24.9 Å². The number of rotatable bonds is 4. The average molecular weight is 325 g/mol. The number of hydrogen-bond acceptors (Lipinski definition) is 4. The Morgan fingerprint density at radius 2 is 2.12 bits per heavy atom. The summed E-state index contributed by atoms with van der Waals surface area (Å²) >= 11 is 0. The predicted octanol–water partition coefficient (Wildman–Crippen LogP) is 3.50. The lowest BCUT2D eigenvalue weighted by Gasteiger charge is -2.30. The molecule has 1 unspecified atom stereocenters. The fraction of sp³-hybridized carbons (Fsp3) is 0.421. The van der Waals surface area contributed by atoms with Gasteiger partial charge in [-0.1, -0.05) is 47.1 Å². The normalized spacial score (nSPS) is 18.2. The van der Waals surface area contributed by atoms with Crippen molar-refractivity contribution >= 4 is 12.0 Å². The van der Waals surface area contributed by atoms with Gasteiger partial charge in [-0.2, -0.15) is 4.98 Å². The van der Waals surface area contributed by atoms with Crippen molar-refractivity contribution in [3.8, 4) is 0 Å². The lowest BCUT2D eigenvalue weighted by molar-refractivity contribution is -0.131. The van der Waals surface area contributed by atoms with E-state index >= 15 is 0 Å². The standard InChI is InChI=1S/C19H23N3O2/c1-14-8-10-16(11-9-14)5-3-7-18(23)22-12-4-6-17(13-22)19-20-15(2)21-24-19/h3,5,8-11,17H,4,6-7,12-13H2,1-2H3/b5-3+. The van der Waals surface area contributed by atoms with Crippen molar-refractivity contribution in [2.45, 2.75) is 39.0 Å². The van der Waals surface area contributed by atoms with Gasteiger partial charge in [0.25, 0.3) is 0 Å². The van der Waals surface area contributed by atoms with E-state index in [0.29, 0.717) is 24.7 Å². The fourth-order valence-corrected chi connectivity index (χ4v) is 2.99. The van der Waals surface area contributed by atoms with E-state index in [2.05, 4.69) is 41.3 Å². The fourth-order valence-electron chi connectivity index (χ4n) is 2.99. The summed E-state index contributed by atoms with van der Waals surface area (Å²) in [5, 5.41) is 3.85. The maximum atomic E-state index is 12.4. The van der Waals surface area contributed by atoms with E-state index < -0.39 is 0 Å². The van der Waals surface area contributed by atoms with Gasteiger partial charge in [0, 0.05) is 19.5 Å². The Bertz CT molecular complexity index is 718. The molecule has 1 aromatic heterocycles. The van der Waals surface area contributed by atoms with Gasteiger partial charge >= 0.3 is 0 Å². The molecule has 1 saturated heterocycles. The van der Waals surface area contributed by atoms with Crippen molar-refractivity contribution in [3.63, 3.8) is 0 Å². The number of benzene rings is 1. The van der Waals surface area contributed by atoms with Crippen LogP contribution in [0.15, 0.2) is 34.9 Å². The third-order valence-corrected chi connectivity index (χ3v) is 4.35. The van der Waals surface area contributed by atoms with Gasteiger partial charge in [0.15, 0.2) is 5.82 Å². The van der Waals surface area contributed by atoms with Crippen LogP contribution in [0, 0.1) is 13.8 Å². The number of piperidine rings is 1. The molecular weight excluding hydrogens is 302 g/mol. The summed E-state index contributed by atoms with van der Waals surface area (Å²) in [5.41, 5.74) is 2.35. The molecule has 5 heteroatoms. The molecule has 3 rings (SSSR count). The summed E-state index contributed by atoms with van der Waals surface area (Å²) in [6, 6.07) is 8.27. The molecule has 1 aliphatic heterocycles. The molecule has 0 N–H and O–H groups in total. The lowest BCUT2D eigenvalue weighted by atomic mass is 9.97. The van der Waals surface area contributed by atoms with E-state index in [4.69, 9.17) is 4.52 Å². The molecule has 1 amide bonds. The molecule has 24 heavy (non-hydrogen) atoms. The van der Waals surface area contributed by atoms with Crippen molar-refractivity contribution in [3.05, 3.63) is 53.2 Å². The minimum absolute atomic E-state index is 0.152. The van der Waals surface area contributed by atoms with Crippen LogP contribution in [0.1, 0.15) is 48.0 Å². The first kappa shape index (κ1) is 16.4. The third kappa shape index (κ3) is 4.10. The Kier molecular flexibility index (Phi) is 5.08. The molecule has 126 valence electrons. The average Bonchev–Trinajstić information content (AvgIpc) is 3.03. The SMILES string of the molecule is Cc1ccc(/C=C/CC(=O)N2CCCC(c3nc(C)no3)C2)cc1. The summed E-state index contributed by atoms with van der Waals surface area (Å²) < 4.78 is 5.27. The molecule has 0 saturated carbocycles. The van der Waals surface area contributed by atoms with Crippen molar-refractivity contribution in [1.82, 2.24) is 15.0 Å². The zero-order valence-corrected chi connectivity index (χ0v) is 14.2. The van der Waals surface area contributed by atoms with Crippen LogP contribution in [-0.4, -0.2) is 34.0 Å².